The minimum Gasteiger partial charge on any atom is -0.462 e. The second kappa shape index (κ2) is 46.5. The number of unbranched alkanes of at least 4 members (excludes halogenated alkanes) is 33. The Kier molecular flexibility index (Phi) is 45.2. The van der Waals surface area contributed by atoms with E-state index in [0.29, 0.717) is 19.3 Å². The molecule has 0 amide bonds. The number of hydrogen-bond acceptors (Lipinski definition) is 6. The van der Waals surface area contributed by atoms with Crippen LogP contribution in [0.4, 0.5) is 0 Å². The summed E-state index contributed by atoms with van der Waals surface area (Å²) in [6.45, 7) is 9.01. The normalized spacial score (nSPS) is 12.4. The van der Waals surface area contributed by atoms with Crippen LogP contribution in [-0.4, -0.2) is 37.2 Å². The third-order valence-corrected chi connectivity index (χ3v) is 12.2. The van der Waals surface area contributed by atoms with Crippen LogP contribution in [0.3, 0.4) is 0 Å². The molecule has 0 rings (SSSR count). The fourth-order valence-electron chi connectivity index (χ4n) is 7.83. The highest BCUT2D eigenvalue weighted by molar-refractivity contribution is 5.71. The van der Waals surface area contributed by atoms with Crippen molar-refractivity contribution in [2.45, 2.75) is 297 Å². The molecule has 6 nitrogen and oxygen atoms in total. The Balaban J connectivity index is 4.20. The molecule has 344 valence electrons. The molecule has 0 saturated heterocycles. The predicted molar refractivity (Wildman–Crippen MR) is 247 cm³/mol. The largest absolute Gasteiger partial charge is 0.462 e. The molecular weight excluding hydrogens is 721 g/mol. The SMILES string of the molecule is CCCCCCCCCCCCCCCCCCCCCC(=O)OC[C@@H](COC(=O)CCCCCCCCCCC(C)CC)OC(=O)CCCCCCCCCCC. The number of carbonyl (C=O) groups excluding carboxylic acids is 3. The average molecular weight is 821 g/mol. The van der Waals surface area contributed by atoms with Crippen molar-refractivity contribution in [1.29, 1.82) is 0 Å². The Morgan fingerprint density at radius 3 is 0.897 bits per heavy atom. The van der Waals surface area contributed by atoms with Crippen molar-refractivity contribution >= 4 is 17.9 Å². The molecule has 0 saturated carbocycles. The maximum atomic E-state index is 12.7. The summed E-state index contributed by atoms with van der Waals surface area (Å²) in [6, 6.07) is 0. The van der Waals surface area contributed by atoms with E-state index in [-0.39, 0.29) is 31.1 Å². The van der Waals surface area contributed by atoms with E-state index in [9.17, 15) is 14.4 Å². The van der Waals surface area contributed by atoms with E-state index in [2.05, 4.69) is 27.7 Å². The molecule has 0 fully saturated rings. The molecule has 0 aliphatic rings. The highest BCUT2D eigenvalue weighted by atomic mass is 16.6. The van der Waals surface area contributed by atoms with E-state index in [1.807, 2.05) is 0 Å². The zero-order valence-electron chi connectivity index (χ0n) is 39.5. The van der Waals surface area contributed by atoms with Gasteiger partial charge in [-0.1, -0.05) is 252 Å². The van der Waals surface area contributed by atoms with Crippen molar-refractivity contribution in [3.63, 3.8) is 0 Å². The monoisotopic (exact) mass is 821 g/mol. The fourth-order valence-corrected chi connectivity index (χ4v) is 7.83. The zero-order chi connectivity index (χ0) is 42.4. The molecule has 0 heterocycles. The van der Waals surface area contributed by atoms with Crippen LogP contribution < -0.4 is 0 Å². The average Bonchev–Trinajstić information content (AvgIpc) is 3.22. The second-order valence-electron chi connectivity index (χ2n) is 18.1. The molecule has 2 atom stereocenters. The Hall–Kier alpha value is -1.59. The molecule has 6 heteroatoms. The van der Waals surface area contributed by atoms with Crippen molar-refractivity contribution < 1.29 is 28.6 Å². The third kappa shape index (κ3) is 44.0. The van der Waals surface area contributed by atoms with Crippen LogP contribution in [0, 0.1) is 5.92 Å². The maximum absolute atomic E-state index is 12.7. The smallest absolute Gasteiger partial charge is 0.306 e. The Morgan fingerprint density at radius 1 is 0.345 bits per heavy atom. The molecule has 0 aliphatic carbocycles. The minimum atomic E-state index is -0.760. The lowest BCUT2D eigenvalue weighted by Gasteiger charge is -2.18. The topological polar surface area (TPSA) is 78.9 Å². The van der Waals surface area contributed by atoms with Crippen molar-refractivity contribution in [3.05, 3.63) is 0 Å². The van der Waals surface area contributed by atoms with E-state index >= 15 is 0 Å². The van der Waals surface area contributed by atoms with Gasteiger partial charge in [0.05, 0.1) is 0 Å². The first kappa shape index (κ1) is 56.4. The quantitative estimate of drug-likeness (QED) is 0.0346. The second-order valence-corrected chi connectivity index (χ2v) is 18.1. The van der Waals surface area contributed by atoms with E-state index in [0.717, 1.165) is 63.7 Å². The van der Waals surface area contributed by atoms with Crippen molar-refractivity contribution in [2.75, 3.05) is 13.2 Å². The van der Waals surface area contributed by atoms with Crippen LogP contribution in [0.1, 0.15) is 291 Å². The summed E-state index contributed by atoms with van der Waals surface area (Å²) in [5.74, 6) is -0.00211. The molecule has 1 unspecified atom stereocenters. The number of hydrogen-bond donors (Lipinski definition) is 0. The van der Waals surface area contributed by atoms with Gasteiger partial charge >= 0.3 is 17.9 Å². The van der Waals surface area contributed by atoms with Gasteiger partial charge in [-0.05, 0) is 25.2 Å². The van der Waals surface area contributed by atoms with Gasteiger partial charge in [0.2, 0.25) is 0 Å². The summed E-state index contributed by atoms with van der Waals surface area (Å²) in [6.07, 6.45) is 48.1. The molecule has 0 aliphatic heterocycles. The fraction of sp³-hybridized carbons (Fsp3) is 0.942. The van der Waals surface area contributed by atoms with Gasteiger partial charge < -0.3 is 14.2 Å². The standard InChI is InChI=1S/C52H100O6/c1-5-8-10-12-14-16-17-18-19-20-21-22-23-24-25-27-31-35-39-43-50(53)56-46-49(58-52(55)45-41-37-33-26-15-13-11-9-6-2)47-57-51(54)44-40-36-32-29-28-30-34-38-42-48(4)7-3/h48-49H,5-47H2,1-4H3/t48?,49-/m0/s1. The van der Waals surface area contributed by atoms with Crippen molar-refractivity contribution in [2.24, 2.45) is 5.92 Å². The van der Waals surface area contributed by atoms with E-state index in [1.54, 1.807) is 0 Å². The van der Waals surface area contributed by atoms with Gasteiger partial charge in [-0.2, -0.15) is 0 Å². The third-order valence-electron chi connectivity index (χ3n) is 12.2. The Labute approximate surface area is 361 Å². The van der Waals surface area contributed by atoms with Gasteiger partial charge in [-0.3, -0.25) is 14.4 Å². The molecule has 58 heavy (non-hydrogen) atoms. The van der Waals surface area contributed by atoms with Gasteiger partial charge in [-0.25, -0.2) is 0 Å². The lowest BCUT2D eigenvalue weighted by Crippen LogP contribution is -2.30. The van der Waals surface area contributed by atoms with Crippen LogP contribution in [0.2, 0.25) is 0 Å². The molecule has 0 radical (unpaired) electrons. The maximum Gasteiger partial charge on any atom is 0.306 e. The van der Waals surface area contributed by atoms with Crippen LogP contribution in [-0.2, 0) is 28.6 Å². The van der Waals surface area contributed by atoms with Crippen molar-refractivity contribution in [1.82, 2.24) is 0 Å². The van der Waals surface area contributed by atoms with E-state index in [1.165, 1.54) is 186 Å². The van der Waals surface area contributed by atoms with Crippen LogP contribution in [0.5, 0.6) is 0 Å². The van der Waals surface area contributed by atoms with Gasteiger partial charge in [0.25, 0.3) is 0 Å². The van der Waals surface area contributed by atoms with E-state index in [4.69, 9.17) is 14.2 Å². The molecule has 0 bridgehead atoms. The number of carbonyl (C=O) groups is 3. The van der Waals surface area contributed by atoms with Crippen LogP contribution >= 0.6 is 0 Å². The van der Waals surface area contributed by atoms with Gasteiger partial charge in [0.15, 0.2) is 6.10 Å². The minimum absolute atomic E-state index is 0.0634. The summed E-state index contributed by atoms with van der Waals surface area (Å²) in [5, 5.41) is 0. The molecule has 0 N–H and O–H groups in total. The summed E-state index contributed by atoms with van der Waals surface area (Å²) in [4.78, 5) is 37.8. The number of esters is 3. The summed E-state index contributed by atoms with van der Waals surface area (Å²) in [7, 11) is 0. The zero-order valence-corrected chi connectivity index (χ0v) is 39.5. The first-order valence-corrected chi connectivity index (χ1v) is 25.9. The molecule has 0 aromatic rings. The Bertz CT molecular complexity index is 874. The van der Waals surface area contributed by atoms with E-state index < -0.39 is 6.10 Å². The van der Waals surface area contributed by atoms with Crippen LogP contribution in [0.15, 0.2) is 0 Å². The molecular formula is C52H100O6. The van der Waals surface area contributed by atoms with Gasteiger partial charge in [0, 0.05) is 19.3 Å². The molecule has 0 spiro atoms. The lowest BCUT2D eigenvalue weighted by molar-refractivity contribution is -0.167. The van der Waals surface area contributed by atoms with Gasteiger partial charge in [-0.15, -0.1) is 0 Å². The number of ether oxygens (including phenoxy) is 3. The molecule has 0 aromatic heterocycles. The highest BCUT2D eigenvalue weighted by Gasteiger charge is 2.19. The lowest BCUT2D eigenvalue weighted by atomic mass is 9.99. The highest BCUT2D eigenvalue weighted by Crippen LogP contribution is 2.17. The van der Waals surface area contributed by atoms with Gasteiger partial charge in [0.1, 0.15) is 13.2 Å². The Morgan fingerprint density at radius 2 is 0.603 bits per heavy atom. The predicted octanol–water partition coefficient (Wildman–Crippen LogP) is 16.7. The number of rotatable bonds is 47. The summed E-state index contributed by atoms with van der Waals surface area (Å²) >= 11 is 0. The van der Waals surface area contributed by atoms with Crippen molar-refractivity contribution in [3.8, 4) is 0 Å². The summed E-state index contributed by atoms with van der Waals surface area (Å²) < 4.78 is 16.8. The summed E-state index contributed by atoms with van der Waals surface area (Å²) in [5.41, 5.74) is 0. The van der Waals surface area contributed by atoms with Crippen LogP contribution in [0.25, 0.3) is 0 Å². The molecule has 0 aromatic carbocycles. The first-order chi connectivity index (χ1) is 28.4. The first-order valence-electron chi connectivity index (χ1n) is 25.9.